The molecule has 9 heteroatoms. The largest absolute Gasteiger partial charge is 0.382 e. The second kappa shape index (κ2) is 9.74. The quantitative estimate of drug-likeness (QED) is 0.445. The van der Waals surface area contributed by atoms with Gasteiger partial charge in [0.2, 0.25) is 0 Å². The van der Waals surface area contributed by atoms with Gasteiger partial charge in [0.05, 0.1) is 22.5 Å². The van der Waals surface area contributed by atoms with Crippen LogP contribution in [-0.4, -0.2) is 73.5 Å². The van der Waals surface area contributed by atoms with Gasteiger partial charge >= 0.3 is 0 Å². The molecule has 0 aliphatic rings. The van der Waals surface area contributed by atoms with Crippen molar-refractivity contribution in [1.29, 1.82) is 0 Å². The fourth-order valence-electron chi connectivity index (χ4n) is 3.69. The average Bonchev–Trinajstić information content (AvgIpc) is 3.19. The molecular formula is C24H28N8O. The Labute approximate surface area is 192 Å². The first-order chi connectivity index (χ1) is 16.0. The number of nitrogens with two attached hydrogens (primary N) is 1. The van der Waals surface area contributed by atoms with Gasteiger partial charge in [0.15, 0.2) is 11.5 Å². The van der Waals surface area contributed by atoms with Crippen molar-refractivity contribution in [2.75, 3.05) is 39.0 Å². The lowest BCUT2D eigenvalue weighted by molar-refractivity contribution is 0.0779. The topological polar surface area (TPSA) is 106 Å². The number of hydrogen-bond donors (Lipinski definition) is 1. The molecule has 0 atom stereocenters. The molecule has 4 aromatic heterocycles. The molecule has 2 N–H and O–H groups in total. The van der Waals surface area contributed by atoms with E-state index in [4.69, 9.17) is 5.73 Å². The monoisotopic (exact) mass is 444 g/mol. The van der Waals surface area contributed by atoms with Gasteiger partial charge in [-0.1, -0.05) is 19.9 Å². The van der Waals surface area contributed by atoms with Gasteiger partial charge in [-0.15, -0.1) is 5.10 Å². The van der Waals surface area contributed by atoms with Crippen molar-refractivity contribution < 1.29 is 4.79 Å². The Bertz CT molecular complexity index is 1230. The molecule has 4 rings (SSSR count). The van der Waals surface area contributed by atoms with E-state index in [-0.39, 0.29) is 5.91 Å². The Morgan fingerprint density at radius 2 is 1.82 bits per heavy atom. The zero-order valence-corrected chi connectivity index (χ0v) is 19.1. The first kappa shape index (κ1) is 22.3. The van der Waals surface area contributed by atoms with Gasteiger partial charge in [-0.2, -0.15) is 0 Å². The second-order valence-corrected chi connectivity index (χ2v) is 7.77. The Morgan fingerprint density at radius 3 is 2.48 bits per heavy atom. The third-order valence-electron chi connectivity index (χ3n) is 5.72. The van der Waals surface area contributed by atoms with Gasteiger partial charge in [0.25, 0.3) is 5.91 Å². The van der Waals surface area contributed by atoms with E-state index in [0.717, 1.165) is 30.9 Å². The van der Waals surface area contributed by atoms with Crippen molar-refractivity contribution in [3.63, 3.8) is 0 Å². The number of likely N-dealkylation sites (N-methyl/N-ethyl adjacent to an activating group) is 2. The van der Waals surface area contributed by atoms with E-state index >= 15 is 0 Å². The maximum Gasteiger partial charge on any atom is 0.255 e. The van der Waals surface area contributed by atoms with Crippen LogP contribution in [0, 0.1) is 0 Å². The summed E-state index contributed by atoms with van der Waals surface area (Å²) < 4.78 is 1.64. The number of carbonyl (C=O) groups excluding carboxylic acids is 1. The van der Waals surface area contributed by atoms with E-state index in [9.17, 15) is 4.79 Å². The maximum absolute atomic E-state index is 12.8. The van der Waals surface area contributed by atoms with Gasteiger partial charge in [-0.3, -0.25) is 14.8 Å². The maximum atomic E-state index is 12.8. The summed E-state index contributed by atoms with van der Waals surface area (Å²) in [7, 11) is 1.82. The normalized spacial score (nSPS) is 11.3. The number of aromatic nitrogens is 5. The molecule has 9 nitrogen and oxygen atoms in total. The smallest absolute Gasteiger partial charge is 0.255 e. The van der Waals surface area contributed by atoms with Gasteiger partial charge in [-0.05, 0) is 37.4 Å². The highest BCUT2D eigenvalue weighted by Crippen LogP contribution is 2.28. The van der Waals surface area contributed by atoms with Crippen LogP contribution in [0.15, 0.2) is 55.1 Å². The van der Waals surface area contributed by atoms with Crippen LogP contribution in [-0.2, 0) is 0 Å². The lowest BCUT2D eigenvalue weighted by Crippen LogP contribution is -2.36. The molecular weight excluding hydrogens is 416 g/mol. The Morgan fingerprint density at radius 1 is 1.00 bits per heavy atom. The Hall–Kier alpha value is -3.85. The van der Waals surface area contributed by atoms with Gasteiger partial charge < -0.3 is 15.5 Å². The molecule has 0 unspecified atom stereocenters. The molecule has 0 bridgehead atoms. The zero-order chi connectivity index (χ0) is 23.4. The number of hydrogen-bond acceptors (Lipinski definition) is 7. The average molecular weight is 445 g/mol. The molecule has 0 saturated heterocycles. The number of anilines is 1. The predicted molar refractivity (Wildman–Crippen MR) is 129 cm³/mol. The van der Waals surface area contributed by atoms with E-state index in [1.807, 2.05) is 37.5 Å². The van der Waals surface area contributed by atoms with Gasteiger partial charge in [0, 0.05) is 50.5 Å². The summed E-state index contributed by atoms with van der Waals surface area (Å²) in [6, 6.07) is 9.23. The van der Waals surface area contributed by atoms with E-state index < -0.39 is 0 Å². The number of amides is 1. The summed E-state index contributed by atoms with van der Waals surface area (Å²) in [5.41, 5.74) is 10.2. The number of rotatable bonds is 8. The Balaban J connectivity index is 1.53. The summed E-state index contributed by atoms with van der Waals surface area (Å²) >= 11 is 0. The predicted octanol–water partition coefficient (Wildman–Crippen LogP) is 2.85. The highest BCUT2D eigenvalue weighted by atomic mass is 16.2. The third kappa shape index (κ3) is 4.68. The lowest BCUT2D eigenvalue weighted by atomic mass is 10.1. The van der Waals surface area contributed by atoms with Crippen LogP contribution in [0.5, 0.6) is 0 Å². The summed E-state index contributed by atoms with van der Waals surface area (Å²) in [4.78, 5) is 30.2. The van der Waals surface area contributed by atoms with Gasteiger partial charge in [-0.25, -0.2) is 9.50 Å². The van der Waals surface area contributed by atoms with Crippen LogP contribution in [0.25, 0.3) is 28.2 Å². The number of fused-ring (bicyclic) bond motifs is 1. The minimum Gasteiger partial charge on any atom is -0.382 e. The fraction of sp³-hybridized carbons (Fsp3) is 0.292. The van der Waals surface area contributed by atoms with E-state index in [1.54, 1.807) is 34.1 Å². The number of pyridine rings is 2. The van der Waals surface area contributed by atoms with Crippen LogP contribution in [0.2, 0.25) is 0 Å². The van der Waals surface area contributed by atoms with Crippen LogP contribution in [0.1, 0.15) is 24.2 Å². The number of carbonyl (C=O) groups is 1. The molecule has 0 radical (unpaired) electrons. The Kier molecular flexibility index (Phi) is 6.60. The molecule has 4 heterocycles. The van der Waals surface area contributed by atoms with Crippen LogP contribution in [0.3, 0.4) is 0 Å². The first-order valence-corrected chi connectivity index (χ1v) is 11.0. The standard InChI is InChI=1S/C24H28N8O/c1-4-31(5-2)13-12-30(3)24(33)17-9-10-19(27-14-17)18-15-28-23-21(20-8-6-7-11-26-20)22(25)29-32(23)16-18/h6-11,14-16H,4-5,12-13H2,1-3H3,(H2,25,29). The van der Waals surface area contributed by atoms with Crippen LogP contribution in [0.4, 0.5) is 5.82 Å². The molecule has 0 spiro atoms. The third-order valence-corrected chi connectivity index (χ3v) is 5.72. The SMILES string of the molecule is CCN(CC)CCN(C)C(=O)c1ccc(-c2cnc3c(-c4ccccn4)c(N)nn3c2)nc1. The second-order valence-electron chi connectivity index (χ2n) is 7.77. The first-order valence-electron chi connectivity index (χ1n) is 11.0. The van der Waals surface area contributed by atoms with Crippen molar-refractivity contribution in [1.82, 2.24) is 34.4 Å². The summed E-state index contributed by atoms with van der Waals surface area (Å²) in [6.45, 7) is 7.70. The summed E-state index contributed by atoms with van der Waals surface area (Å²) in [5, 5.41) is 4.39. The van der Waals surface area contributed by atoms with Crippen molar-refractivity contribution in [2.24, 2.45) is 0 Å². The minimum atomic E-state index is -0.0466. The molecule has 0 aliphatic heterocycles. The summed E-state index contributed by atoms with van der Waals surface area (Å²) in [5.74, 6) is 0.314. The molecule has 0 fully saturated rings. The van der Waals surface area contributed by atoms with Crippen molar-refractivity contribution in [2.45, 2.75) is 13.8 Å². The highest BCUT2D eigenvalue weighted by Gasteiger charge is 2.17. The number of nitrogens with zero attached hydrogens (tertiary/aromatic N) is 7. The fourth-order valence-corrected chi connectivity index (χ4v) is 3.69. The molecule has 0 aromatic carbocycles. The lowest BCUT2D eigenvalue weighted by Gasteiger charge is -2.23. The van der Waals surface area contributed by atoms with Crippen LogP contribution < -0.4 is 5.73 Å². The molecule has 0 aliphatic carbocycles. The van der Waals surface area contributed by atoms with Gasteiger partial charge in [0.1, 0.15) is 0 Å². The molecule has 4 aromatic rings. The molecule has 170 valence electrons. The number of nitrogen functional groups attached to an aromatic ring is 1. The molecule has 1 amide bonds. The summed E-state index contributed by atoms with van der Waals surface area (Å²) in [6.07, 6.45) is 6.86. The zero-order valence-electron chi connectivity index (χ0n) is 19.1. The molecule has 0 saturated carbocycles. The van der Waals surface area contributed by atoms with Crippen molar-refractivity contribution >= 4 is 17.4 Å². The van der Waals surface area contributed by atoms with Crippen molar-refractivity contribution in [3.05, 3.63) is 60.7 Å². The van der Waals surface area contributed by atoms with Crippen molar-refractivity contribution in [3.8, 4) is 22.5 Å². The van der Waals surface area contributed by atoms with Crippen LogP contribution >= 0.6 is 0 Å². The minimum absolute atomic E-state index is 0.0466. The highest BCUT2D eigenvalue weighted by molar-refractivity contribution is 5.94. The van der Waals surface area contributed by atoms with E-state index in [0.29, 0.717) is 34.8 Å². The molecule has 33 heavy (non-hydrogen) atoms. The van der Waals surface area contributed by atoms with E-state index in [2.05, 4.69) is 38.8 Å². The van der Waals surface area contributed by atoms with E-state index in [1.165, 1.54) is 0 Å².